The van der Waals surface area contributed by atoms with Crippen LogP contribution < -0.4 is 5.73 Å². The summed E-state index contributed by atoms with van der Waals surface area (Å²) in [5, 5.41) is 17.2. The minimum absolute atomic E-state index is 0.410. The summed E-state index contributed by atoms with van der Waals surface area (Å²) in [6.07, 6.45) is 1.15. The molecule has 0 bridgehead atoms. The summed E-state index contributed by atoms with van der Waals surface area (Å²) in [6, 6.07) is -0.410. The van der Waals surface area contributed by atoms with Crippen LogP contribution in [0.25, 0.3) is 0 Å². The summed E-state index contributed by atoms with van der Waals surface area (Å²) < 4.78 is 0. The van der Waals surface area contributed by atoms with Crippen LogP contribution in [0.15, 0.2) is 0 Å². The van der Waals surface area contributed by atoms with Gasteiger partial charge in [0.15, 0.2) is 5.79 Å². The third-order valence-electron chi connectivity index (χ3n) is 1.42. The lowest BCUT2D eigenvalue weighted by Gasteiger charge is -2.37. The maximum atomic E-state index is 8.61. The fourth-order valence-electron chi connectivity index (χ4n) is 0.569. The number of rotatable bonds is 0. The molecule has 0 aromatic carbocycles. The molecule has 1 rings (SSSR count). The van der Waals surface area contributed by atoms with Gasteiger partial charge in [0.2, 0.25) is 0 Å². The fraction of sp³-hybridized carbons (Fsp3) is 1.00. The smallest absolute Gasteiger partial charge is 0.178 e. The molecule has 1 aliphatic rings. The van der Waals surface area contributed by atoms with Crippen LogP contribution in [0.3, 0.4) is 0 Å². The number of aliphatic hydroxyl groups is 2. The van der Waals surface area contributed by atoms with E-state index >= 15 is 0 Å². The standard InChI is InChI=1S/C4H9NO2/c5-3-1-2-4(3,6)7/h3,6-7H,1-2,5H2. The SMILES string of the molecule is NC1CCC1(O)O. The Morgan fingerprint density at radius 1 is 1.57 bits per heavy atom. The van der Waals surface area contributed by atoms with Crippen molar-refractivity contribution in [1.82, 2.24) is 0 Å². The van der Waals surface area contributed by atoms with Crippen molar-refractivity contribution in [3.05, 3.63) is 0 Å². The van der Waals surface area contributed by atoms with Crippen molar-refractivity contribution in [2.75, 3.05) is 0 Å². The highest BCUT2D eigenvalue weighted by Gasteiger charge is 2.40. The van der Waals surface area contributed by atoms with E-state index in [0.717, 1.165) is 6.42 Å². The molecule has 0 heterocycles. The lowest BCUT2D eigenvalue weighted by Crippen LogP contribution is -2.56. The molecule has 1 unspecified atom stereocenters. The highest BCUT2D eigenvalue weighted by Crippen LogP contribution is 2.26. The van der Waals surface area contributed by atoms with Crippen molar-refractivity contribution in [2.24, 2.45) is 5.73 Å². The van der Waals surface area contributed by atoms with Crippen LogP contribution in [-0.4, -0.2) is 22.0 Å². The quantitative estimate of drug-likeness (QED) is 0.337. The van der Waals surface area contributed by atoms with Gasteiger partial charge in [-0.3, -0.25) is 0 Å². The molecular weight excluding hydrogens is 94.0 g/mol. The number of hydrogen-bond donors (Lipinski definition) is 3. The second-order valence-electron chi connectivity index (χ2n) is 2.02. The molecule has 3 nitrogen and oxygen atoms in total. The molecule has 7 heavy (non-hydrogen) atoms. The molecule has 0 aliphatic heterocycles. The molecule has 0 radical (unpaired) electrons. The van der Waals surface area contributed by atoms with E-state index in [9.17, 15) is 0 Å². The first-order chi connectivity index (χ1) is 3.13. The first-order valence-electron chi connectivity index (χ1n) is 2.33. The molecule has 4 N–H and O–H groups in total. The average molecular weight is 103 g/mol. The molecular formula is C4H9NO2. The monoisotopic (exact) mass is 103 g/mol. The Hall–Kier alpha value is -0.120. The van der Waals surface area contributed by atoms with E-state index in [-0.39, 0.29) is 0 Å². The van der Waals surface area contributed by atoms with Crippen molar-refractivity contribution < 1.29 is 10.2 Å². The molecule has 1 aliphatic carbocycles. The van der Waals surface area contributed by atoms with E-state index in [1.165, 1.54) is 0 Å². The summed E-state index contributed by atoms with van der Waals surface area (Å²) >= 11 is 0. The van der Waals surface area contributed by atoms with E-state index in [0.29, 0.717) is 6.42 Å². The van der Waals surface area contributed by atoms with Crippen LogP contribution in [0.5, 0.6) is 0 Å². The predicted molar refractivity (Wildman–Crippen MR) is 24.4 cm³/mol. The second-order valence-corrected chi connectivity index (χ2v) is 2.02. The molecule has 42 valence electrons. The average Bonchev–Trinajstić information content (AvgIpc) is 1.63. The lowest BCUT2D eigenvalue weighted by atomic mass is 9.86. The molecule has 0 saturated heterocycles. The van der Waals surface area contributed by atoms with Gasteiger partial charge in [0.05, 0.1) is 6.04 Å². The molecule has 1 saturated carbocycles. The summed E-state index contributed by atoms with van der Waals surface area (Å²) in [5.41, 5.74) is 5.16. The van der Waals surface area contributed by atoms with Gasteiger partial charge in [0.1, 0.15) is 0 Å². The largest absolute Gasteiger partial charge is 0.364 e. The van der Waals surface area contributed by atoms with Crippen LogP contribution in [0.2, 0.25) is 0 Å². The van der Waals surface area contributed by atoms with Crippen LogP contribution in [0.1, 0.15) is 12.8 Å². The third kappa shape index (κ3) is 0.627. The summed E-state index contributed by atoms with van der Waals surface area (Å²) in [5.74, 6) is -1.54. The van der Waals surface area contributed by atoms with Crippen LogP contribution in [0, 0.1) is 0 Å². The summed E-state index contributed by atoms with van der Waals surface area (Å²) in [4.78, 5) is 0. The Morgan fingerprint density at radius 3 is 2.00 bits per heavy atom. The van der Waals surface area contributed by atoms with Gasteiger partial charge in [0.25, 0.3) is 0 Å². The highest BCUT2D eigenvalue weighted by atomic mass is 16.5. The second kappa shape index (κ2) is 1.18. The van der Waals surface area contributed by atoms with E-state index < -0.39 is 11.8 Å². The van der Waals surface area contributed by atoms with Gasteiger partial charge in [-0.25, -0.2) is 0 Å². The minimum Gasteiger partial charge on any atom is -0.364 e. The van der Waals surface area contributed by atoms with Gasteiger partial charge in [-0.15, -0.1) is 0 Å². The number of nitrogens with two attached hydrogens (primary N) is 1. The maximum Gasteiger partial charge on any atom is 0.178 e. The normalized spacial score (nSPS) is 37.3. The highest BCUT2D eigenvalue weighted by molar-refractivity contribution is 4.89. The maximum absolute atomic E-state index is 8.61. The van der Waals surface area contributed by atoms with Crippen LogP contribution in [0.4, 0.5) is 0 Å². The fourth-order valence-corrected chi connectivity index (χ4v) is 0.569. The van der Waals surface area contributed by atoms with E-state index in [2.05, 4.69) is 0 Å². The van der Waals surface area contributed by atoms with Crippen LogP contribution in [-0.2, 0) is 0 Å². The van der Waals surface area contributed by atoms with Gasteiger partial charge in [0, 0.05) is 6.42 Å². The first-order valence-corrected chi connectivity index (χ1v) is 2.33. The molecule has 0 amide bonds. The van der Waals surface area contributed by atoms with Crippen LogP contribution >= 0.6 is 0 Å². The van der Waals surface area contributed by atoms with Gasteiger partial charge in [-0.2, -0.15) is 0 Å². The predicted octanol–water partition coefficient (Wildman–Crippen LogP) is -1.21. The van der Waals surface area contributed by atoms with E-state index in [1.54, 1.807) is 0 Å². The molecule has 1 atom stereocenters. The van der Waals surface area contributed by atoms with Crippen molar-refractivity contribution in [3.8, 4) is 0 Å². The Bertz CT molecular complexity index is 81.8. The summed E-state index contributed by atoms with van der Waals surface area (Å²) in [7, 11) is 0. The molecule has 1 fully saturated rings. The molecule has 0 spiro atoms. The molecule has 0 aromatic heterocycles. The van der Waals surface area contributed by atoms with Crippen molar-refractivity contribution in [2.45, 2.75) is 24.7 Å². The van der Waals surface area contributed by atoms with Crippen molar-refractivity contribution >= 4 is 0 Å². The van der Waals surface area contributed by atoms with Gasteiger partial charge in [-0.1, -0.05) is 0 Å². The van der Waals surface area contributed by atoms with E-state index in [1.807, 2.05) is 0 Å². The zero-order valence-electron chi connectivity index (χ0n) is 3.96. The number of hydrogen-bond acceptors (Lipinski definition) is 3. The zero-order chi connectivity index (χ0) is 5.49. The molecule has 3 heteroatoms. The topological polar surface area (TPSA) is 66.5 Å². The van der Waals surface area contributed by atoms with E-state index in [4.69, 9.17) is 15.9 Å². The van der Waals surface area contributed by atoms with Crippen molar-refractivity contribution in [3.63, 3.8) is 0 Å². The van der Waals surface area contributed by atoms with Gasteiger partial charge >= 0.3 is 0 Å². The van der Waals surface area contributed by atoms with Gasteiger partial charge in [-0.05, 0) is 6.42 Å². The lowest BCUT2D eigenvalue weighted by molar-refractivity contribution is -0.224. The Labute approximate surface area is 41.8 Å². The Kier molecular flexibility index (Phi) is 0.849. The minimum atomic E-state index is -1.54. The Balaban J connectivity index is 2.43. The zero-order valence-corrected chi connectivity index (χ0v) is 3.96. The van der Waals surface area contributed by atoms with Crippen molar-refractivity contribution in [1.29, 1.82) is 0 Å². The molecule has 0 aromatic rings. The summed E-state index contributed by atoms with van der Waals surface area (Å²) in [6.45, 7) is 0. The van der Waals surface area contributed by atoms with Gasteiger partial charge < -0.3 is 15.9 Å². The Morgan fingerprint density at radius 2 is 2.00 bits per heavy atom. The first kappa shape index (κ1) is 5.03. The third-order valence-corrected chi connectivity index (χ3v) is 1.42.